The molecular weight excluding hydrogens is 286 g/mol. The van der Waals surface area contributed by atoms with Crippen molar-refractivity contribution in [2.75, 3.05) is 20.3 Å². The molecular formula is C16H25NO5. The molecule has 124 valence electrons. The summed E-state index contributed by atoms with van der Waals surface area (Å²) in [6.07, 6.45) is -0.473. The second kappa shape index (κ2) is 7.89. The van der Waals surface area contributed by atoms with Gasteiger partial charge in [-0.05, 0) is 45.4 Å². The zero-order chi connectivity index (χ0) is 16.8. The van der Waals surface area contributed by atoms with Crippen molar-refractivity contribution >= 4 is 6.09 Å². The van der Waals surface area contributed by atoms with Gasteiger partial charge in [0.05, 0.1) is 19.8 Å². The van der Waals surface area contributed by atoms with Crippen LogP contribution in [0.1, 0.15) is 39.3 Å². The predicted molar refractivity (Wildman–Crippen MR) is 83.4 cm³/mol. The number of carbonyl (C=O) groups excluding carboxylic acids is 1. The van der Waals surface area contributed by atoms with Gasteiger partial charge < -0.3 is 24.6 Å². The van der Waals surface area contributed by atoms with Crippen molar-refractivity contribution in [1.29, 1.82) is 0 Å². The molecule has 22 heavy (non-hydrogen) atoms. The summed E-state index contributed by atoms with van der Waals surface area (Å²) >= 11 is 0. The van der Waals surface area contributed by atoms with Crippen LogP contribution in [0.5, 0.6) is 11.5 Å². The van der Waals surface area contributed by atoms with Crippen molar-refractivity contribution in [3.8, 4) is 11.5 Å². The van der Waals surface area contributed by atoms with E-state index in [1.807, 2.05) is 33.8 Å². The zero-order valence-electron chi connectivity index (χ0n) is 13.8. The van der Waals surface area contributed by atoms with Crippen LogP contribution < -0.4 is 14.8 Å². The van der Waals surface area contributed by atoms with Crippen LogP contribution in [0.25, 0.3) is 0 Å². The van der Waals surface area contributed by atoms with Gasteiger partial charge >= 0.3 is 6.09 Å². The summed E-state index contributed by atoms with van der Waals surface area (Å²) in [6, 6.07) is 5.12. The van der Waals surface area contributed by atoms with Gasteiger partial charge in [0.2, 0.25) is 0 Å². The maximum atomic E-state index is 11.8. The topological polar surface area (TPSA) is 77.0 Å². The minimum atomic E-state index is -0.538. The van der Waals surface area contributed by atoms with Crippen molar-refractivity contribution < 1.29 is 24.1 Å². The molecule has 0 saturated heterocycles. The summed E-state index contributed by atoms with van der Waals surface area (Å²) in [7, 11) is 1.54. The second-order valence-corrected chi connectivity index (χ2v) is 5.85. The summed E-state index contributed by atoms with van der Waals surface area (Å²) in [5.74, 6) is 1.09. The highest BCUT2D eigenvalue weighted by Crippen LogP contribution is 2.30. The van der Waals surface area contributed by atoms with Crippen LogP contribution in [0.15, 0.2) is 18.2 Å². The van der Waals surface area contributed by atoms with Crippen molar-refractivity contribution in [3.63, 3.8) is 0 Å². The number of nitrogens with one attached hydrogen (secondary N) is 1. The third kappa shape index (κ3) is 5.81. The third-order valence-corrected chi connectivity index (χ3v) is 2.77. The van der Waals surface area contributed by atoms with E-state index in [4.69, 9.17) is 19.3 Å². The number of aliphatic hydroxyl groups is 1. The molecule has 6 nitrogen and oxygen atoms in total. The van der Waals surface area contributed by atoms with Gasteiger partial charge in [0.25, 0.3) is 0 Å². The summed E-state index contributed by atoms with van der Waals surface area (Å²) < 4.78 is 15.9. The number of carbonyl (C=O) groups is 1. The van der Waals surface area contributed by atoms with Crippen molar-refractivity contribution in [2.24, 2.45) is 0 Å². The standard InChI is InChI=1S/C16H25NO5/c1-11(17-15(19)22-16(2,3)4)12-6-7-13(21-9-8-18)14(10-12)20-5/h6-7,10-11,18H,8-9H2,1-5H3,(H,17,19). The minimum absolute atomic E-state index is 0.0679. The van der Waals surface area contributed by atoms with E-state index < -0.39 is 11.7 Å². The van der Waals surface area contributed by atoms with Crippen LogP contribution in [0.4, 0.5) is 4.79 Å². The van der Waals surface area contributed by atoms with Crippen LogP contribution in [0.2, 0.25) is 0 Å². The maximum Gasteiger partial charge on any atom is 0.408 e. The van der Waals surface area contributed by atoms with E-state index in [2.05, 4.69) is 5.32 Å². The van der Waals surface area contributed by atoms with E-state index in [9.17, 15) is 4.79 Å². The van der Waals surface area contributed by atoms with Crippen LogP contribution in [-0.2, 0) is 4.74 Å². The average Bonchev–Trinajstić information content (AvgIpc) is 2.42. The Labute approximate surface area is 131 Å². The Kier molecular flexibility index (Phi) is 6.49. The second-order valence-electron chi connectivity index (χ2n) is 5.85. The number of ether oxygens (including phenoxy) is 3. The van der Waals surface area contributed by atoms with Crippen molar-refractivity contribution in [3.05, 3.63) is 23.8 Å². The van der Waals surface area contributed by atoms with Crippen LogP contribution in [0.3, 0.4) is 0 Å². The number of alkyl carbamates (subject to hydrolysis) is 1. The molecule has 1 aromatic carbocycles. The molecule has 1 amide bonds. The van der Waals surface area contributed by atoms with E-state index in [0.29, 0.717) is 11.5 Å². The lowest BCUT2D eigenvalue weighted by molar-refractivity contribution is 0.0508. The first-order valence-electron chi connectivity index (χ1n) is 7.18. The van der Waals surface area contributed by atoms with Gasteiger partial charge in [0, 0.05) is 0 Å². The van der Waals surface area contributed by atoms with E-state index in [1.54, 1.807) is 12.1 Å². The molecule has 0 spiro atoms. The molecule has 0 heterocycles. The normalized spacial score (nSPS) is 12.5. The van der Waals surface area contributed by atoms with Crippen molar-refractivity contribution in [2.45, 2.75) is 39.3 Å². The fourth-order valence-corrected chi connectivity index (χ4v) is 1.80. The lowest BCUT2D eigenvalue weighted by Crippen LogP contribution is -2.34. The summed E-state index contributed by atoms with van der Waals surface area (Å²) in [6.45, 7) is 7.42. The van der Waals surface area contributed by atoms with E-state index in [0.717, 1.165) is 5.56 Å². The molecule has 0 aromatic heterocycles. The number of amides is 1. The lowest BCUT2D eigenvalue weighted by Gasteiger charge is -2.22. The molecule has 0 radical (unpaired) electrons. The maximum absolute atomic E-state index is 11.8. The summed E-state index contributed by atoms with van der Waals surface area (Å²) in [5.41, 5.74) is 0.322. The molecule has 0 aliphatic carbocycles. The van der Waals surface area contributed by atoms with Gasteiger partial charge in [-0.3, -0.25) is 0 Å². The van der Waals surface area contributed by atoms with Crippen molar-refractivity contribution in [1.82, 2.24) is 5.32 Å². The number of hydrogen-bond donors (Lipinski definition) is 2. The first-order valence-corrected chi connectivity index (χ1v) is 7.18. The molecule has 0 bridgehead atoms. The Morgan fingerprint density at radius 3 is 2.55 bits per heavy atom. The summed E-state index contributed by atoms with van der Waals surface area (Å²) in [4.78, 5) is 11.8. The number of benzene rings is 1. The fourth-order valence-electron chi connectivity index (χ4n) is 1.80. The predicted octanol–water partition coefficient (Wildman–Crippen LogP) is 2.65. The number of methoxy groups -OCH3 is 1. The molecule has 1 rings (SSSR count). The Bertz CT molecular complexity index is 496. The van der Waals surface area contributed by atoms with Crippen LogP contribution >= 0.6 is 0 Å². The first-order chi connectivity index (χ1) is 10.3. The highest BCUT2D eigenvalue weighted by Gasteiger charge is 2.19. The van der Waals surface area contributed by atoms with E-state index in [1.165, 1.54) is 7.11 Å². The minimum Gasteiger partial charge on any atom is -0.493 e. The first kappa shape index (κ1) is 18.1. The quantitative estimate of drug-likeness (QED) is 0.844. The molecule has 0 aliphatic heterocycles. The van der Waals surface area contributed by atoms with Crippen LogP contribution in [-0.4, -0.2) is 37.1 Å². The molecule has 0 fully saturated rings. The molecule has 6 heteroatoms. The highest BCUT2D eigenvalue weighted by atomic mass is 16.6. The number of aliphatic hydroxyl groups excluding tert-OH is 1. The molecule has 2 N–H and O–H groups in total. The summed E-state index contributed by atoms with van der Waals surface area (Å²) in [5, 5.41) is 11.6. The van der Waals surface area contributed by atoms with Gasteiger partial charge in [-0.25, -0.2) is 4.79 Å². The lowest BCUT2D eigenvalue weighted by atomic mass is 10.1. The van der Waals surface area contributed by atoms with Gasteiger partial charge in [0.15, 0.2) is 11.5 Å². The van der Waals surface area contributed by atoms with E-state index in [-0.39, 0.29) is 19.3 Å². The zero-order valence-corrected chi connectivity index (χ0v) is 13.8. The monoisotopic (exact) mass is 311 g/mol. The SMILES string of the molecule is COc1cc(C(C)NC(=O)OC(C)(C)C)ccc1OCCO. The third-order valence-electron chi connectivity index (χ3n) is 2.77. The Hall–Kier alpha value is -1.95. The van der Waals surface area contributed by atoms with Gasteiger partial charge in [0.1, 0.15) is 12.2 Å². The Morgan fingerprint density at radius 1 is 1.32 bits per heavy atom. The Morgan fingerprint density at radius 2 is 2.00 bits per heavy atom. The average molecular weight is 311 g/mol. The largest absolute Gasteiger partial charge is 0.493 e. The molecule has 0 aliphatic rings. The van der Waals surface area contributed by atoms with Gasteiger partial charge in [-0.15, -0.1) is 0 Å². The van der Waals surface area contributed by atoms with Gasteiger partial charge in [-0.1, -0.05) is 6.07 Å². The van der Waals surface area contributed by atoms with Gasteiger partial charge in [-0.2, -0.15) is 0 Å². The molecule has 1 unspecified atom stereocenters. The highest BCUT2D eigenvalue weighted by molar-refractivity contribution is 5.68. The molecule has 0 saturated carbocycles. The smallest absolute Gasteiger partial charge is 0.408 e. The number of rotatable bonds is 6. The fraction of sp³-hybridized carbons (Fsp3) is 0.562. The molecule has 1 atom stereocenters. The molecule has 1 aromatic rings. The Balaban J connectivity index is 2.77. The van der Waals surface area contributed by atoms with E-state index >= 15 is 0 Å². The van der Waals surface area contributed by atoms with Crippen LogP contribution in [0, 0.1) is 0 Å². The number of hydrogen-bond acceptors (Lipinski definition) is 5.